The van der Waals surface area contributed by atoms with Gasteiger partial charge in [0.15, 0.2) is 5.75 Å². The molecule has 1 amide bonds. The number of amides is 1. The van der Waals surface area contributed by atoms with Gasteiger partial charge in [0, 0.05) is 50.2 Å². The molecule has 2 heterocycles. The first-order valence-corrected chi connectivity index (χ1v) is 12.6. The van der Waals surface area contributed by atoms with Gasteiger partial charge < -0.3 is 19.9 Å². The summed E-state index contributed by atoms with van der Waals surface area (Å²) in [5, 5.41) is 4.80. The second-order valence-electron chi connectivity index (χ2n) is 9.19. The lowest BCUT2D eigenvalue weighted by Crippen LogP contribution is -2.48. The van der Waals surface area contributed by atoms with Crippen LogP contribution >= 0.6 is 11.6 Å². The summed E-state index contributed by atoms with van der Waals surface area (Å²) in [5.41, 5.74) is 3.93. The number of methoxy groups -OCH3 is 1. The fourth-order valence-corrected chi connectivity index (χ4v) is 5.02. The molecular weight excluding hydrogens is 448 g/mol. The molecule has 1 aliphatic heterocycles. The molecule has 1 aromatic heterocycles. The van der Waals surface area contributed by atoms with Crippen molar-refractivity contribution in [2.45, 2.75) is 26.7 Å². The summed E-state index contributed by atoms with van der Waals surface area (Å²) in [4.78, 5) is 20.6. The van der Waals surface area contributed by atoms with E-state index in [1.807, 2.05) is 36.4 Å². The van der Waals surface area contributed by atoms with E-state index in [1.54, 1.807) is 7.11 Å². The smallest absolute Gasteiger partial charge is 0.267 e. The lowest BCUT2D eigenvalue weighted by molar-refractivity contribution is 0.0946. The lowest BCUT2D eigenvalue weighted by atomic mass is 10.1. The van der Waals surface area contributed by atoms with Crippen LogP contribution in [0.3, 0.4) is 0 Å². The number of aromatic nitrogens is 1. The molecule has 3 aromatic rings. The molecule has 6 nitrogen and oxygen atoms in total. The molecule has 0 aliphatic carbocycles. The average Bonchev–Trinajstić information content (AvgIpc) is 3.28. The zero-order valence-corrected chi connectivity index (χ0v) is 21.1. The average molecular weight is 483 g/mol. The molecule has 1 atom stereocenters. The molecule has 2 aromatic carbocycles. The van der Waals surface area contributed by atoms with Crippen molar-refractivity contribution >= 4 is 34.1 Å². The van der Waals surface area contributed by atoms with E-state index in [-0.39, 0.29) is 5.91 Å². The van der Waals surface area contributed by atoms with E-state index >= 15 is 0 Å². The Kier molecular flexibility index (Phi) is 8.01. The molecule has 0 saturated carbocycles. The Hall–Kier alpha value is -2.70. The molecule has 0 unspecified atom stereocenters. The summed E-state index contributed by atoms with van der Waals surface area (Å²) in [5.74, 6) is 1.23. The Bertz CT molecular complexity index is 1090. The maximum Gasteiger partial charge on any atom is 0.267 e. The van der Waals surface area contributed by atoms with Gasteiger partial charge in [0.1, 0.15) is 5.69 Å². The number of halogens is 1. The van der Waals surface area contributed by atoms with Crippen molar-refractivity contribution in [1.29, 1.82) is 0 Å². The van der Waals surface area contributed by atoms with E-state index in [4.69, 9.17) is 16.3 Å². The van der Waals surface area contributed by atoms with E-state index in [1.165, 1.54) is 5.56 Å². The number of aryl methyl sites for hydroxylation is 1. The Morgan fingerprint density at radius 2 is 1.94 bits per heavy atom. The molecule has 0 spiro atoms. The van der Waals surface area contributed by atoms with Gasteiger partial charge in [0.2, 0.25) is 0 Å². The normalized spacial score (nSPS) is 15.5. The maximum atomic E-state index is 12.5. The molecule has 1 fully saturated rings. The number of hydrogen-bond donors (Lipinski definition) is 2. The van der Waals surface area contributed by atoms with Crippen molar-refractivity contribution in [1.82, 2.24) is 15.2 Å². The minimum atomic E-state index is -0.0427. The molecule has 1 aliphatic rings. The number of nitrogens with zero attached hydrogens (tertiary/aromatic N) is 2. The van der Waals surface area contributed by atoms with Gasteiger partial charge in [-0.3, -0.25) is 9.69 Å². The number of ether oxygens (including phenoxy) is 1. The van der Waals surface area contributed by atoms with Crippen molar-refractivity contribution in [2.24, 2.45) is 5.92 Å². The van der Waals surface area contributed by atoms with E-state index < -0.39 is 0 Å². The van der Waals surface area contributed by atoms with Crippen LogP contribution < -0.4 is 15.0 Å². The highest BCUT2D eigenvalue weighted by molar-refractivity contribution is 6.32. The van der Waals surface area contributed by atoms with Crippen LogP contribution in [0.1, 0.15) is 36.3 Å². The summed E-state index contributed by atoms with van der Waals surface area (Å²) < 4.78 is 5.61. The highest BCUT2D eigenvalue weighted by Gasteiger charge is 2.22. The third kappa shape index (κ3) is 5.68. The van der Waals surface area contributed by atoms with Gasteiger partial charge in [-0.25, -0.2) is 0 Å². The molecule has 182 valence electrons. The Morgan fingerprint density at radius 3 is 2.65 bits per heavy atom. The maximum absolute atomic E-state index is 12.5. The standard InChI is InChI=1S/C27H35ClN4O2/c1-4-20-15-22(28)26(34-3)25(16-20)32-13-11-31(12-14-32)18-19(2)9-10-29-27(33)24-17-21-7-5-6-8-23(21)30-24/h5-8,15-17,19,30H,4,9-14,18H2,1-3H3,(H,29,33)/t19-/m1/s1. The van der Waals surface area contributed by atoms with E-state index in [2.05, 4.69) is 40.0 Å². The van der Waals surface area contributed by atoms with Crippen LogP contribution in [0.4, 0.5) is 5.69 Å². The minimum Gasteiger partial charge on any atom is -0.493 e. The second-order valence-corrected chi connectivity index (χ2v) is 9.60. The molecular formula is C27H35ClN4O2. The SMILES string of the molecule is CCc1cc(Cl)c(OC)c(N2CCN(C[C@H](C)CCNC(=O)c3cc4ccccc4[nH]3)CC2)c1. The van der Waals surface area contributed by atoms with E-state index in [9.17, 15) is 4.79 Å². The van der Waals surface area contributed by atoms with Crippen LogP contribution in [0.25, 0.3) is 10.9 Å². The largest absolute Gasteiger partial charge is 0.493 e. The first-order chi connectivity index (χ1) is 16.5. The molecule has 0 radical (unpaired) electrons. The summed E-state index contributed by atoms with van der Waals surface area (Å²) >= 11 is 6.47. The summed E-state index contributed by atoms with van der Waals surface area (Å²) in [6.45, 7) is 10.0. The Morgan fingerprint density at radius 1 is 1.18 bits per heavy atom. The Labute approximate surface area is 207 Å². The lowest BCUT2D eigenvalue weighted by Gasteiger charge is -2.38. The Balaban J connectivity index is 1.23. The second kappa shape index (κ2) is 11.2. The van der Waals surface area contributed by atoms with Gasteiger partial charge in [-0.05, 0) is 48.6 Å². The predicted octanol–water partition coefficient (Wildman–Crippen LogP) is 4.97. The van der Waals surface area contributed by atoms with Crippen LogP contribution in [0.2, 0.25) is 5.02 Å². The molecule has 7 heteroatoms. The summed E-state index contributed by atoms with van der Waals surface area (Å²) in [6, 6.07) is 14.1. The number of fused-ring (bicyclic) bond motifs is 1. The van der Waals surface area contributed by atoms with Crippen molar-refractivity contribution in [3.05, 3.63) is 58.7 Å². The van der Waals surface area contributed by atoms with Crippen LogP contribution in [0, 0.1) is 5.92 Å². The van der Waals surface area contributed by atoms with Gasteiger partial charge in [0.25, 0.3) is 5.91 Å². The number of benzene rings is 2. The van der Waals surface area contributed by atoms with Gasteiger partial charge in [-0.2, -0.15) is 0 Å². The number of piperazine rings is 1. The highest BCUT2D eigenvalue weighted by atomic mass is 35.5. The number of carbonyl (C=O) groups is 1. The van der Waals surface area contributed by atoms with Gasteiger partial charge >= 0.3 is 0 Å². The minimum absolute atomic E-state index is 0.0427. The molecule has 34 heavy (non-hydrogen) atoms. The third-order valence-electron chi connectivity index (χ3n) is 6.68. The fourth-order valence-electron chi connectivity index (χ4n) is 4.70. The zero-order chi connectivity index (χ0) is 24.1. The van der Waals surface area contributed by atoms with Gasteiger partial charge in [-0.15, -0.1) is 0 Å². The zero-order valence-electron chi connectivity index (χ0n) is 20.4. The van der Waals surface area contributed by atoms with Crippen LogP contribution in [-0.2, 0) is 6.42 Å². The van der Waals surface area contributed by atoms with Crippen molar-refractivity contribution in [2.75, 3.05) is 51.3 Å². The number of anilines is 1. The predicted molar refractivity (Wildman–Crippen MR) is 140 cm³/mol. The fraction of sp³-hybridized carbons (Fsp3) is 0.444. The molecule has 0 bridgehead atoms. The number of nitrogens with one attached hydrogen (secondary N) is 2. The molecule has 1 saturated heterocycles. The number of rotatable bonds is 9. The highest BCUT2D eigenvalue weighted by Crippen LogP contribution is 2.37. The van der Waals surface area contributed by atoms with Gasteiger partial charge in [-0.1, -0.05) is 43.6 Å². The van der Waals surface area contributed by atoms with Crippen molar-refractivity contribution < 1.29 is 9.53 Å². The van der Waals surface area contributed by atoms with Gasteiger partial charge in [0.05, 0.1) is 17.8 Å². The summed E-state index contributed by atoms with van der Waals surface area (Å²) in [7, 11) is 1.69. The third-order valence-corrected chi connectivity index (χ3v) is 6.96. The first kappa shape index (κ1) is 24.4. The van der Waals surface area contributed by atoms with E-state index in [0.29, 0.717) is 23.2 Å². The summed E-state index contributed by atoms with van der Waals surface area (Å²) in [6.07, 6.45) is 1.90. The molecule has 4 rings (SSSR count). The molecule has 2 N–H and O–H groups in total. The van der Waals surface area contributed by atoms with Crippen molar-refractivity contribution in [3.8, 4) is 5.75 Å². The van der Waals surface area contributed by atoms with Crippen molar-refractivity contribution in [3.63, 3.8) is 0 Å². The van der Waals surface area contributed by atoms with Crippen LogP contribution in [-0.4, -0.2) is 62.2 Å². The number of para-hydroxylation sites is 1. The van der Waals surface area contributed by atoms with E-state index in [0.717, 1.165) is 67.9 Å². The quantitative estimate of drug-likeness (QED) is 0.452. The topological polar surface area (TPSA) is 60.6 Å². The van der Waals surface area contributed by atoms with Crippen LogP contribution in [0.15, 0.2) is 42.5 Å². The number of aromatic amines is 1. The number of carbonyl (C=O) groups excluding carboxylic acids is 1. The first-order valence-electron chi connectivity index (χ1n) is 12.2. The number of H-pyrrole nitrogens is 1. The van der Waals surface area contributed by atoms with Crippen LogP contribution in [0.5, 0.6) is 5.75 Å². The number of hydrogen-bond acceptors (Lipinski definition) is 4. The monoisotopic (exact) mass is 482 g/mol.